The van der Waals surface area contributed by atoms with Crippen LogP contribution in [0, 0.1) is 5.92 Å². The van der Waals surface area contributed by atoms with E-state index in [0.717, 1.165) is 19.3 Å². The molecule has 3 rings (SSSR count). The maximum atomic E-state index is 11.6. The van der Waals surface area contributed by atoms with Gasteiger partial charge < -0.3 is 9.63 Å². The molecular weight excluding hydrogens is 282 g/mol. The smallest absolute Gasteiger partial charge is 0.320 e. The number of nitrogens with zero attached hydrogens (tertiary/aromatic N) is 3. The van der Waals surface area contributed by atoms with Crippen molar-refractivity contribution >= 4 is 5.97 Å². The van der Waals surface area contributed by atoms with Crippen LogP contribution in [0.3, 0.4) is 0 Å². The summed E-state index contributed by atoms with van der Waals surface area (Å²) in [5.74, 6) is 0.981. The highest BCUT2D eigenvalue weighted by Crippen LogP contribution is 2.40. The fourth-order valence-corrected chi connectivity index (χ4v) is 3.81. The number of carboxylic acid groups (broad SMARTS) is 1. The van der Waals surface area contributed by atoms with Crippen molar-refractivity contribution in [1.29, 1.82) is 0 Å². The van der Waals surface area contributed by atoms with Gasteiger partial charge in [0.05, 0.1) is 6.54 Å². The summed E-state index contributed by atoms with van der Waals surface area (Å²) >= 11 is 0. The number of carboxylic acids is 1. The monoisotopic (exact) mass is 307 g/mol. The molecule has 1 aliphatic carbocycles. The summed E-state index contributed by atoms with van der Waals surface area (Å²) < 4.78 is 5.34. The van der Waals surface area contributed by atoms with Crippen molar-refractivity contribution in [2.24, 2.45) is 5.92 Å². The first-order valence-electron chi connectivity index (χ1n) is 8.18. The Kier molecular flexibility index (Phi) is 3.97. The summed E-state index contributed by atoms with van der Waals surface area (Å²) in [5.41, 5.74) is -0.185. The molecular formula is C16H25N3O3. The third-order valence-corrected chi connectivity index (χ3v) is 4.94. The first-order valence-corrected chi connectivity index (χ1v) is 8.18. The van der Waals surface area contributed by atoms with Crippen molar-refractivity contribution < 1.29 is 14.4 Å². The molecule has 0 spiro atoms. The molecule has 22 heavy (non-hydrogen) atoms. The van der Waals surface area contributed by atoms with E-state index in [1.165, 1.54) is 12.8 Å². The molecule has 1 saturated carbocycles. The molecule has 0 radical (unpaired) electrons. The Balaban J connectivity index is 1.79. The van der Waals surface area contributed by atoms with Crippen LogP contribution in [-0.4, -0.2) is 38.2 Å². The van der Waals surface area contributed by atoms with E-state index in [4.69, 9.17) is 4.52 Å². The van der Waals surface area contributed by atoms with Gasteiger partial charge in [0, 0.05) is 11.5 Å². The predicted octanol–water partition coefficient (Wildman–Crippen LogP) is 2.58. The highest BCUT2D eigenvalue weighted by Gasteiger charge is 2.45. The van der Waals surface area contributed by atoms with Crippen LogP contribution in [0.15, 0.2) is 4.52 Å². The summed E-state index contributed by atoms with van der Waals surface area (Å²) in [6.45, 7) is 6.55. The molecule has 0 amide bonds. The summed E-state index contributed by atoms with van der Waals surface area (Å²) in [4.78, 5) is 18.2. The summed E-state index contributed by atoms with van der Waals surface area (Å²) in [6.07, 6.45) is 5.38. The lowest BCUT2D eigenvalue weighted by Gasteiger charge is -2.32. The Hall–Kier alpha value is -1.43. The van der Waals surface area contributed by atoms with Crippen LogP contribution < -0.4 is 0 Å². The first-order chi connectivity index (χ1) is 10.4. The number of hydrogen-bond donors (Lipinski definition) is 1. The molecule has 2 aliphatic rings. The van der Waals surface area contributed by atoms with E-state index in [1.807, 2.05) is 20.8 Å². The molecule has 1 aliphatic heterocycles. The molecule has 0 bridgehead atoms. The summed E-state index contributed by atoms with van der Waals surface area (Å²) in [5, 5.41) is 13.6. The average molecular weight is 307 g/mol. The van der Waals surface area contributed by atoms with Crippen molar-refractivity contribution in [2.75, 3.05) is 0 Å². The molecule has 1 aromatic rings. The number of rotatable bonds is 3. The van der Waals surface area contributed by atoms with Crippen molar-refractivity contribution in [3.8, 4) is 0 Å². The SMILES string of the molecule is CC(C)(C)c1nc(CN2C(C(=O)O)CC3CCCCC32)no1. The van der Waals surface area contributed by atoms with Gasteiger partial charge >= 0.3 is 5.97 Å². The second-order valence-electron chi connectivity index (χ2n) is 7.64. The normalized spacial score (nSPS) is 29.5. The zero-order chi connectivity index (χ0) is 15.9. The maximum Gasteiger partial charge on any atom is 0.320 e. The fraction of sp³-hybridized carbons (Fsp3) is 0.812. The number of aliphatic carboxylic acids is 1. The van der Waals surface area contributed by atoms with Crippen LogP contribution >= 0.6 is 0 Å². The zero-order valence-corrected chi connectivity index (χ0v) is 13.6. The van der Waals surface area contributed by atoms with E-state index in [-0.39, 0.29) is 5.41 Å². The van der Waals surface area contributed by atoms with E-state index in [9.17, 15) is 9.90 Å². The Bertz CT molecular complexity index is 549. The van der Waals surface area contributed by atoms with Crippen molar-refractivity contribution in [3.05, 3.63) is 11.7 Å². The minimum atomic E-state index is -0.728. The second-order valence-corrected chi connectivity index (χ2v) is 7.64. The first kappa shape index (κ1) is 15.5. The average Bonchev–Trinajstić information content (AvgIpc) is 3.04. The van der Waals surface area contributed by atoms with Crippen molar-refractivity contribution in [2.45, 2.75) is 76.9 Å². The second kappa shape index (κ2) is 5.65. The van der Waals surface area contributed by atoms with Gasteiger partial charge in [0.25, 0.3) is 0 Å². The van der Waals surface area contributed by atoms with Crippen LogP contribution in [-0.2, 0) is 16.8 Å². The molecule has 1 N–H and O–H groups in total. The van der Waals surface area contributed by atoms with Gasteiger partial charge in [0.1, 0.15) is 6.04 Å². The molecule has 3 atom stereocenters. The highest BCUT2D eigenvalue weighted by atomic mass is 16.5. The lowest BCUT2D eigenvalue weighted by molar-refractivity contribution is -0.143. The Morgan fingerprint density at radius 3 is 2.73 bits per heavy atom. The standard InChI is InChI=1S/C16H25N3O3/c1-16(2,3)15-17-13(18-22-15)9-19-11-7-5-4-6-10(11)8-12(19)14(20)21/h10-12H,4-9H2,1-3H3,(H,20,21). The van der Waals surface area contributed by atoms with Gasteiger partial charge in [-0.1, -0.05) is 38.8 Å². The number of carbonyl (C=O) groups is 1. The van der Waals surface area contributed by atoms with Crippen LogP contribution in [0.25, 0.3) is 0 Å². The van der Waals surface area contributed by atoms with Crippen LogP contribution in [0.4, 0.5) is 0 Å². The molecule has 1 aromatic heterocycles. The summed E-state index contributed by atoms with van der Waals surface area (Å²) in [7, 11) is 0. The Morgan fingerprint density at radius 2 is 2.09 bits per heavy atom. The van der Waals surface area contributed by atoms with Gasteiger partial charge in [-0.25, -0.2) is 0 Å². The Labute approximate surface area is 130 Å². The highest BCUT2D eigenvalue weighted by molar-refractivity contribution is 5.74. The topological polar surface area (TPSA) is 79.5 Å². The molecule has 2 heterocycles. The van der Waals surface area contributed by atoms with Gasteiger partial charge in [-0.3, -0.25) is 9.69 Å². The van der Waals surface area contributed by atoms with Gasteiger partial charge in [0.2, 0.25) is 5.89 Å². The molecule has 6 nitrogen and oxygen atoms in total. The third kappa shape index (κ3) is 2.89. The lowest BCUT2D eigenvalue weighted by Crippen LogP contribution is -2.41. The number of aromatic nitrogens is 2. The van der Waals surface area contributed by atoms with Crippen molar-refractivity contribution in [1.82, 2.24) is 15.0 Å². The van der Waals surface area contributed by atoms with Gasteiger partial charge in [0.15, 0.2) is 5.82 Å². The molecule has 2 fully saturated rings. The number of fused-ring (bicyclic) bond motifs is 1. The van der Waals surface area contributed by atoms with Crippen molar-refractivity contribution in [3.63, 3.8) is 0 Å². The number of hydrogen-bond acceptors (Lipinski definition) is 5. The van der Waals surface area contributed by atoms with Crippen LogP contribution in [0.2, 0.25) is 0 Å². The predicted molar refractivity (Wildman–Crippen MR) is 80.3 cm³/mol. The molecule has 3 unspecified atom stereocenters. The van der Waals surface area contributed by atoms with Gasteiger partial charge in [-0.15, -0.1) is 0 Å². The molecule has 6 heteroatoms. The van der Waals surface area contributed by atoms with E-state index in [2.05, 4.69) is 15.0 Å². The Morgan fingerprint density at radius 1 is 1.36 bits per heavy atom. The van der Waals surface area contributed by atoms with E-state index in [1.54, 1.807) is 0 Å². The van der Waals surface area contributed by atoms with Gasteiger partial charge in [-0.05, 0) is 25.2 Å². The van der Waals surface area contributed by atoms with E-state index < -0.39 is 12.0 Å². The minimum Gasteiger partial charge on any atom is -0.480 e. The van der Waals surface area contributed by atoms with Crippen LogP contribution in [0.5, 0.6) is 0 Å². The lowest BCUT2D eigenvalue weighted by atomic mass is 9.85. The van der Waals surface area contributed by atoms with Crippen LogP contribution in [0.1, 0.15) is 64.6 Å². The molecule has 122 valence electrons. The minimum absolute atomic E-state index is 0.185. The molecule has 1 saturated heterocycles. The zero-order valence-electron chi connectivity index (χ0n) is 13.6. The van der Waals surface area contributed by atoms with Gasteiger partial charge in [-0.2, -0.15) is 4.98 Å². The maximum absolute atomic E-state index is 11.6. The molecule has 0 aromatic carbocycles. The van der Waals surface area contributed by atoms with E-state index >= 15 is 0 Å². The third-order valence-electron chi connectivity index (χ3n) is 4.94. The summed E-state index contributed by atoms with van der Waals surface area (Å²) in [6, 6.07) is -0.0591. The number of likely N-dealkylation sites (tertiary alicyclic amines) is 1. The quantitative estimate of drug-likeness (QED) is 0.924. The fourth-order valence-electron chi connectivity index (χ4n) is 3.81. The largest absolute Gasteiger partial charge is 0.480 e. The van der Waals surface area contributed by atoms with E-state index in [0.29, 0.717) is 30.2 Å².